The van der Waals surface area contributed by atoms with Crippen LogP contribution in [0.3, 0.4) is 0 Å². The maximum atomic E-state index is 2.42. The molecule has 1 aliphatic carbocycles. The molecule has 0 radical (unpaired) electrons. The summed E-state index contributed by atoms with van der Waals surface area (Å²) in [6.07, 6.45) is 4.56. The molecule has 0 amide bonds. The zero-order valence-electron chi connectivity index (χ0n) is 18.0. The first kappa shape index (κ1) is 21.7. The van der Waals surface area contributed by atoms with E-state index in [0.717, 1.165) is 0 Å². The number of fused-ring (bicyclic) bond motifs is 2. The van der Waals surface area contributed by atoms with Gasteiger partial charge in [0.15, 0.2) is 0 Å². The Morgan fingerprint density at radius 3 is 1.31 bits per heavy atom. The Balaban J connectivity index is 2.04. The highest BCUT2D eigenvalue weighted by Gasteiger charge is 2.23. The Hall–Kier alpha value is -2.18. The molecule has 0 unspecified atom stereocenters. The summed E-state index contributed by atoms with van der Waals surface area (Å²) < 4.78 is 2.49. The monoisotopic (exact) mass is 636 g/mol. The predicted octanol–water partition coefficient (Wildman–Crippen LogP) is 9.00. The third-order valence-corrected chi connectivity index (χ3v) is 7.37. The molecule has 0 spiro atoms. The van der Waals surface area contributed by atoms with Crippen LogP contribution < -0.4 is 0 Å². The molecule has 0 fully saturated rings. The highest BCUT2D eigenvalue weighted by Crippen LogP contribution is 2.44. The number of benzene rings is 4. The van der Waals surface area contributed by atoms with Gasteiger partial charge in [0.1, 0.15) is 0 Å². The molecule has 0 aliphatic heterocycles. The van der Waals surface area contributed by atoms with Crippen molar-refractivity contribution in [3.05, 3.63) is 137 Å². The van der Waals surface area contributed by atoms with Gasteiger partial charge in [-0.15, -0.1) is 0 Å². The topological polar surface area (TPSA) is 0 Å². The molecule has 2 heteroatoms. The predicted molar refractivity (Wildman–Crippen MR) is 155 cm³/mol. The van der Waals surface area contributed by atoms with Gasteiger partial charge in [-0.25, -0.2) is 0 Å². The summed E-state index contributed by atoms with van der Waals surface area (Å²) in [5, 5.41) is 0. The van der Waals surface area contributed by atoms with Crippen molar-refractivity contribution in [3.8, 4) is 0 Å². The number of halogens is 2. The van der Waals surface area contributed by atoms with Crippen LogP contribution >= 0.6 is 45.2 Å². The van der Waals surface area contributed by atoms with E-state index in [1.807, 2.05) is 0 Å². The van der Waals surface area contributed by atoms with Crippen molar-refractivity contribution in [1.82, 2.24) is 0 Å². The van der Waals surface area contributed by atoms with Crippen molar-refractivity contribution in [2.75, 3.05) is 0 Å². The molecule has 156 valence electrons. The van der Waals surface area contributed by atoms with Gasteiger partial charge >= 0.3 is 0 Å². The SMILES string of the molecule is Cc1cccc2c1/C(c1cccc(I)c1)=C(/c1cccc(I)c1)c1c(C)cccc1/C=C\2. The smallest absolute Gasteiger partial charge is 0.0136 e. The summed E-state index contributed by atoms with van der Waals surface area (Å²) in [6.45, 7) is 4.46. The van der Waals surface area contributed by atoms with Crippen LogP contribution in [0.15, 0.2) is 84.9 Å². The minimum absolute atomic E-state index is 1.24. The van der Waals surface area contributed by atoms with E-state index in [4.69, 9.17) is 0 Å². The van der Waals surface area contributed by atoms with E-state index in [2.05, 4.69) is 156 Å². The highest BCUT2D eigenvalue weighted by molar-refractivity contribution is 14.1. The van der Waals surface area contributed by atoms with Gasteiger partial charge in [-0.3, -0.25) is 0 Å². The van der Waals surface area contributed by atoms with Gasteiger partial charge in [-0.1, -0.05) is 72.8 Å². The van der Waals surface area contributed by atoms with Crippen molar-refractivity contribution in [1.29, 1.82) is 0 Å². The minimum Gasteiger partial charge on any atom is -0.0614 e. The summed E-state index contributed by atoms with van der Waals surface area (Å²) in [5.41, 5.74) is 12.8. The lowest BCUT2D eigenvalue weighted by Crippen LogP contribution is -2.05. The number of aryl methyl sites for hydroxylation is 2. The van der Waals surface area contributed by atoms with E-state index >= 15 is 0 Å². The maximum Gasteiger partial charge on any atom is 0.0136 e. The fourth-order valence-corrected chi connectivity index (χ4v) is 5.72. The van der Waals surface area contributed by atoms with Crippen LogP contribution in [-0.2, 0) is 0 Å². The molecule has 0 bridgehead atoms. The molecule has 0 N–H and O–H groups in total. The molecule has 0 atom stereocenters. The average molecular weight is 636 g/mol. The second kappa shape index (κ2) is 8.99. The van der Waals surface area contributed by atoms with E-state index in [-0.39, 0.29) is 0 Å². The second-order valence-electron chi connectivity index (χ2n) is 8.18. The molecular weight excluding hydrogens is 614 g/mol. The fraction of sp³-hybridized carbons (Fsp3) is 0.0667. The summed E-state index contributed by atoms with van der Waals surface area (Å²) in [4.78, 5) is 0. The van der Waals surface area contributed by atoms with Crippen LogP contribution in [0.5, 0.6) is 0 Å². The van der Waals surface area contributed by atoms with E-state index in [1.165, 1.54) is 62.8 Å². The Morgan fingerprint density at radius 1 is 0.500 bits per heavy atom. The lowest BCUT2D eigenvalue weighted by Gasteiger charge is -2.25. The fourth-order valence-electron chi connectivity index (χ4n) is 4.64. The summed E-state index contributed by atoms with van der Waals surface area (Å²) in [6, 6.07) is 31.0. The average Bonchev–Trinajstić information content (AvgIpc) is 2.76. The normalized spacial score (nSPS) is 16.0. The lowest BCUT2D eigenvalue weighted by atomic mass is 9.78. The molecule has 1 aliphatic rings. The summed E-state index contributed by atoms with van der Waals surface area (Å²) >= 11 is 4.85. The standard InChI is InChI=1S/C30H22I2/c1-19-7-3-9-21-15-16-22-10-4-8-20(2)28(22)30(24-12-6-14-26(32)18-24)29(27(19)21)23-11-5-13-25(31)17-23/h3-18H,1-2H3/b16-15-,21-15?,22-16?,29-27?,30-28?,30-29-. The van der Waals surface area contributed by atoms with E-state index in [9.17, 15) is 0 Å². The van der Waals surface area contributed by atoms with Crippen molar-refractivity contribution in [2.45, 2.75) is 13.8 Å². The van der Waals surface area contributed by atoms with E-state index in [1.54, 1.807) is 0 Å². The van der Waals surface area contributed by atoms with Crippen molar-refractivity contribution in [3.63, 3.8) is 0 Å². The Kier molecular flexibility index (Phi) is 6.08. The molecular formula is C30H22I2. The van der Waals surface area contributed by atoms with Gasteiger partial charge in [0.25, 0.3) is 0 Å². The minimum atomic E-state index is 1.24. The van der Waals surface area contributed by atoms with Crippen LogP contribution in [0.4, 0.5) is 0 Å². The molecule has 4 aromatic carbocycles. The van der Waals surface area contributed by atoms with Crippen LogP contribution in [0.1, 0.15) is 44.5 Å². The molecule has 4 aromatic rings. The molecule has 32 heavy (non-hydrogen) atoms. The van der Waals surface area contributed by atoms with Crippen LogP contribution in [0, 0.1) is 21.0 Å². The molecule has 0 aromatic heterocycles. The van der Waals surface area contributed by atoms with Gasteiger partial charge in [0, 0.05) is 7.14 Å². The largest absolute Gasteiger partial charge is 0.0614 e. The molecule has 0 heterocycles. The third kappa shape index (κ3) is 3.99. The molecule has 0 saturated carbocycles. The lowest BCUT2D eigenvalue weighted by molar-refractivity contribution is 1.36. The highest BCUT2D eigenvalue weighted by atomic mass is 127. The Bertz CT molecular complexity index is 1300. The molecule has 0 saturated heterocycles. The zero-order chi connectivity index (χ0) is 22.2. The third-order valence-electron chi connectivity index (χ3n) is 6.03. The van der Waals surface area contributed by atoms with Crippen LogP contribution in [0.25, 0.3) is 23.3 Å². The van der Waals surface area contributed by atoms with Gasteiger partial charge in [0.2, 0.25) is 0 Å². The first-order valence-electron chi connectivity index (χ1n) is 10.7. The van der Waals surface area contributed by atoms with Crippen molar-refractivity contribution >= 4 is 68.5 Å². The maximum absolute atomic E-state index is 2.42. The van der Waals surface area contributed by atoms with Crippen LogP contribution in [-0.4, -0.2) is 0 Å². The van der Waals surface area contributed by atoms with Gasteiger partial charge in [0.05, 0.1) is 0 Å². The first-order valence-corrected chi connectivity index (χ1v) is 12.8. The first-order chi connectivity index (χ1) is 15.5. The van der Waals surface area contributed by atoms with E-state index in [0.29, 0.717) is 0 Å². The van der Waals surface area contributed by atoms with E-state index < -0.39 is 0 Å². The van der Waals surface area contributed by atoms with Gasteiger partial charge in [-0.2, -0.15) is 0 Å². The summed E-state index contributed by atoms with van der Waals surface area (Å²) in [5.74, 6) is 0. The van der Waals surface area contributed by atoms with Gasteiger partial charge in [-0.05, 0) is 139 Å². The van der Waals surface area contributed by atoms with Crippen molar-refractivity contribution in [2.24, 2.45) is 0 Å². The Labute approximate surface area is 217 Å². The van der Waals surface area contributed by atoms with Crippen molar-refractivity contribution < 1.29 is 0 Å². The zero-order valence-corrected chi connectivity index (χ0v) is 22.3. The van der Waals surface area contributed by atoms with Crippen LogP contribution in [0.2, 0.25) is 0 Å². The number of hydrogen-bond acceptors (Lipinski definition) is 0. The van der Waals surface area contributed by atoms with Gasteiger partial charge < -0.3 is 0 Å². The Morgan fingerprint density at radius 2 is 0.906 bits per heavy atom. The number of hydrogen-bond donors (Lipinski definition) is 0. The number of rotatable bonds is 2. The second-order valence-corrected chi connectivity index (χ2v) is 10.7. The molecule has 5 rings (SSSR count). The quantitative estimate of drug-likeness (QED) is 0.170. The summed E-state index contributed by atoms with van der Waals surface area (Å²) in [7, 11) is 0. The molecule has 0 nitrogen and oxygen atoms in total.